The van der Waals surface area contributed by atoms with Crippen molar-refractivity contribution in [2.45, 2.75) is 52.9 Å². The number of pyridine rings is 1. The molecule has 2 N–H and O–H groups in total. The van der Waals surface area contributed by atoms with E-state index in [1.165, 1.54) is 32.1 Å². The first-order chi connectivity index (χ1) is 11.0. The predicted octanol–water partition coefficient (Wildman–Crippen LogP) is 3.81. The standard InChI is InChI=1S/C18H29N3O2/c1-18(2,3)13-23-17-15(10-7-11-19-17)16(21-22)20-12-14-8-5-4-6-9-14/h7,10-11,14,22H,4-6,8-9,12-13H2,1-3H3,(H,20,21). The third-order valence-corrected chi connectivity index (χ3v) is 4.01. The molecule has 1 saturated carbocycles. The van der Waals surface area contributed by atoms with Crippen LogP contribution in [0.2, 0.25) is 0 Å². The zero-order valence-corrected chi connectivity index (χ0v) is 14.5. The number of hydrogen-bond donors (Lipinski definition) is 2. The van der Waals surface area contributed by atoms with Crippen LogP contribution in [0.5, 0.6) is 5.88 Å². The number of hydroxylamine groups is 1. The summed E-state index contributed by atoms with van der Waals surface area (Å²) in [5.41, 5.74) is 2.97. The van der Waals surface area contributed by atoms with Gasteiger partial charge in [0.15, 0.2) is 5.84 Å². The van der Waals surface area contributed by atoms with Crippen molar-refractivity contribution in [3.8, 4) is 5.88 Å². The third kappa shape index (κ3) is 5.82. The quantitative estimate of drug-likeness (QED) is 0.492. The van der Waals surface area contributed by atoms with Crippen LogP contribution in [0.3, 0.4) is 0 Å². The van der Waals surface area contributed by atoms with Crippen LogP contribution in [0.1, 0.15) is 58.4 Å². The molecule has 128 valence electrons. The first-order valence-corrected chi connectivity index (χ1v) is 8.52. The van der Waals surface area contributed by atoms with Crippen LogP contribution in [0.15, 0.2) is 23.3 Å². The molecular weight excluding hydrogens is 290 g/mol. The molecule has 0 aromatic carbocycles. The molecule has 2 rings (SSSR count). The Hall–Kier alpha value is -1.62. The summed E-state index contributed by atoms with van der Waals surface area (Å²) < 4.78 is 5.83. The highest BCUT2D eigenvalue weighted by molar-refractivity contribution is 5.99. The van der Waals surface area contributed by atoms with Crippen LogP contribution in [0, 0.1) is 11.3 Å². The largest absolute Gasteiger partial charge is 0.477 e. The molecule has 0 aliphatic heterocycles. The topological polar surface area (TPSA) is 66.7 Å². The lowest BCUT2D eigenvalue weighted by Crippen LogP contribution is -2.25. The van der Waals surface area contributed by atoms with Crippen molar-refractivity contribution in [1.29, 1.82) is 0 Å². The normalized spacial score (nSPS) is 17.1. The molecule has 1 aliphatic rings. The fraction of sp³-hybridized carbons (Fsp3) is 0.667. The Labute approximate surface area is 139 Å². The summed E-state index contributed by atoms with van der Waals surface area (Å²) in [7, 11) is 0. The molecule has 23 heavy (non-hydrogen) atoms. The average Bonchev–Trinajstić information content (AvgIpc) is 2.55. The molecule has 1 heterocycles. The number of nitrogens with one attached hydrogen (secondary N) is 1. The fourth-order valence-electron chi connectivity index (χ4n) is 2.74. The molecule has 1 fully saturated rings. The molecule has 1 aliphatic carbocycles. The summed E-state index contributed by atoms with van der Waals surface area (Å²) in [6.45, 7) is 7.61. The van der Waals surface area contributed by atoms with Crippen LogP contribution in [0.4, 0.5) is 0 Å². The first-order valence-electron chi connectivity index (χ1n) is 8.52. The van der Waals surface area contributed by atoms with Gasteiger partial charge in [-0.1, -0.05) is 40.0 Å². The van der Waals surface area contributed by atoms with Crippen LogP contribution in [-0.4, -0.2) is 29.2 Å². The van der Waals surface area contributed by atoms with Gasteiger partial charge in [0.25, 0.3) is 0 Å². The molecule has 5 nitrogen and oxygen atoms in total. The number of aliphatic imine (C=N–C) groups is 1. The maximum Gasteiger partial charge on any atom is 0.224 e. The van der Waals surface area contributed by atoms with Crippen molar-refractivity contribution in [3.05, 3.63) is 23.9 Å². The van der Waals surface area contributed by atoms with E-state index in [4.69, 9.17) is 4.74 Å². The molecule has 0 amide bonds. The summed E-state index contributed by atoms with van der Waals surface area (Å²) >= 11 is 0. The SMILES string of the molecule is CC(C)(C)COc1ncccc1C(=NCC1CCCCC1)NO. The Morgan fingerprint density at radius 3 is 2.74 bits per heavy atom. The number of nitrogens with zero attached hydrogens (tertiary/aromatic N) is 2. The highest BCUT2D eigenvalue weighted by Gasteiger charge is 2.17. The van der Waals surface area contributed by atoms with Gasteiger partial charge in [-0.2, -0.15) is 0 Å². The van der Waals surface area contributed by atoms with Gasteiger partial charge < -0.3 is 4.74 Å². The van der Waals surface area contributed by atoms with Crippen LogP contribution >= 0.6 is 0 Å². The van der Waals surface area contributed by atoms with E-state index >= 15 is 0 Å². The van der Waals surface area contributed by atoms with Gasteiger partial charge in [0, 0.05) is 12.7 Å². The van der Waals surface area contributed by atoms with Gasteiger partial charge in [-0.3, -0.25) is 15.7 Å². The van der Waals surface area contributed by atoms with E-state index in [1.54, 1.807) is 6.20 Å². The van der Waals surface area contributed by atoms with E-state index < -0.39 is 0 Å². The van der Waals surface area contributed by atoms with Crippen molar-refractivity contribution < 1.29 is 9.94 Å². The van der Waals surface area contributed by atoms with Crippen LogP contribution < -0.4 is 10.2 Å². The maximum atomic E-state index is 9.50. The van der Waals surface area contributed by atoms with Gasteiger partial charge in [0.2, 0.25) is 5.88 Å². The number of amidine groups is 1. The van der Waals surface area contributed by atoms with E-state index in [1.807, 2.05) is 12.1 Å². The molecule has 0 unspecified atom stereocenters. The average molecular weight is 319 g/mol. The summed E-state index contributed by atoms with van der Waals surface area (Å²) in [4.78, 5) is 8.87. The van der Waals surface area contributed by atoms with E-state index in [0.29, 0.717) is 29.8 Å². The molecule has 0 bridgehead atoms. The molecular formula is C18H29N3O2. The van der Waals surface area contributed by atoms with Crippen molar-refractivity contribution in [1.82, 2.24) is 10.5 Å². The Morgan fingerprint density at radius 2 is 2.09 bits per heavy atom. The third-order valence-electron chi connectivity index (χ3n) is 4.01. The van der Waals surface area contributed by atoms with Gasteiger partial charge in [-0.25, -0.2) is 4.98 Å². The summed E-state index contributed by atoms with van der Waals surface area (Å²) in [6.07, 6.45) is 8.05. The minimum atomic E-state index is 0.0425. The van der Waals surface area contributed by atoms with Gasteiger partial charge in [-0.15, -0.1) is 0 Å². The molecule has 0 radical (unpaired) electrons. The van der Waals surface area contributed by atoms with Gasteiger partial charge in [-0.05, 0) is 36.3 Å². The summed E-state index contributed by atoms with van der Waals surface area (Å²) in [5, 5.41) is 9.50. The van der Waals surface area contributed by atoms with E-state index in [2.05, 4.69) is 36.2 Å². The number of aromatic nitrogens is 1. The lowest BCUT2D eigenvalue weighted by molar-refractivity contribution is 0.190. The summed E-state index contributed by atoms with van der Waals surface area (Å²) in [5.74, 6) is 1.56. The second-order valence-corrected chi connectivity index (χ2v) is 7.51. The smallest absolute Gasteiger partial charge is 0.224 e. The number of ether oxygens (including phenoxy) is 1. The summed E-state index contributed by atoms with van der Waals surface area (Å²) in [6, 6.07) is 3.70. The maximum absolute atomic E-state index is 9.50. The molecule has 0 atom stereocenters. The predicted molar refractivity (Wildman–Crippen MR) is 92.1 cm³/mol. The number of rotatable bonds is 5. The van der Waals surface area contributed by atoms with Gasteiger partial charge >= 0.3 is 0 Å². The highest BCUT2D eigenvalue weighted by atomic mass is 16.5. The van der Waals surface area contributed by atoms with Gasteiger partial charge in [0.05, 0.1) is 12.2 Å². The molecule has 0 saturated heterocycles. The van der Waals surface area contributed by atoms with Crippen molar-refractivity contribution in [3.63, 3.8) is 0 Å². The molecule has 1 aromatic rings. The zero-order valence-electron chi connectivity index (χ0n) is 14.5. The van der Waals surface area contributed by atoms with Crippen molar-refractivity contribution in [2.75, 3.05) is 13.2 Å². The lowest BCUT2D eigenvalue weighted by atomic mass is 9.89. The Morgan fingerprint density at radius 1 is 1.35 bits per heavy atom. The Balaban J connectivity index is 2.10. The molecule has 5 heteroatoms. The Bertz CT molecular complexity index is 517. The lowest BCUT2D eigenvalue weighted by Gasteiger charge is -2.21. The minimum Gasteiger partial charge on any atom is -0.477 e. The second kappa shape index (κ2) is 8.29. The monoisotopic (exact) mass is 319 g/mol. The van der Waals surface area contributed by atoms with E-state index in [-0.39, 0.29) is 5.41 Å². The first kappa shape index (κ1) is 17.7. The zero-order chi connectivity index (χ0) is 16.7. The highest BCUT2D eigenvalue weighted by Crippen LogP contribution is 2.24. The fourth-order valence-corrected chi connectivity index (χ4v) is 2.74. The number of hydrogen-bond acceptors (Lipinski definition) is 4. The Kier molecular flexibility index (Phi) is 6.39. The second-order valence-electron chi connectivity index (χ2n) is 7.51. The van der Waals surface area contributed by atoms with Crippen LogP contribution in [0.25, 0.3) is 0 Å². The van der Waals surface area contributed by atoms with E-state index in [9.17, 15) is 5.21 Å². The molecule has 1 aromatic heterocycles. The van der Waals surface area contributed by atoms with E-state index in [0.717, 1.165) is 6.54 Å². The minimum absolute atomic E-state index is 0.0425. The van der Waals surface area contributed by atoms with Crippen LogP contribution in [-0.2, 0) is 0 Å². The van der Waals surface area contributed by atoms with Crippen molar-refractivity contribution >= 4 is 5.84 Å². The molecule has 0 spiro atoms. The van der Waals surface area contributed by atoms with Gasteiger partial charge in [0.1, 0.15) is 0 Å². The van der Waals surface area contributed by atoms with Crippen molar-refractivity contribution in [2.24, 2.45) is 16.3 Å².